The van der Waals surface area contributed by atoms with Gasteiger partial charge in [-0.25, -0.2) is 9.78 Å². The number of nitrogen functional groups attached to an aromatic ring is 1. The van der Waals surface area contributed by atoms with Crippen LogP contribution in [-0.4, -0.2) is 35.1 Å². The van der Waals surface area contributed by atoms with Gasteiger partial charge in [-0.2, -0.15) is 0 Å². The van der Waals surface area contributed by atoms with Crippen LogP contribution in [0.3, 0.4) is 0 Å². The van der Waals surface area contributed by atoms with Crippen LogP contribution in [0, 0.1) is 0 Å². The number of carbonyl (C=O) groups is 1. The number of aromatic nitrogens is 2. The summed E-state index contributed by atoms with van der Waals surface area (Å²) in [5.74, 6) is 0.963. The minimum atomic E-state index is -0.430. The summed E-state index contributed by atoms with van der Waals surface area (Å²) in [5.41, 5.74) is 7.10. The van der Waals surface area contributed by atoms with E-state index in [9.17, 15) is 4.79 Å². The van der Waals surface area contributed by atoms with Gasteiger partial charge < -0.3 is 15.8 Å². The lowest BCUT2D eigenvalue weighted by Gasteiger charge is -2.22. The minimum Gasteiger partial charge on any atom is -0.464 e. The first kappa shape index (κ1) is 13.9. The number of pyridine rings is 1. The van der Waals surface area contributed by atoms with Gasteiger partial charge in [0, 0.05) is 12.5 Å². The number of methoxy groups -OCH3 is 1. The SMILES string of the molecule is COC(=O)c1nc(CC2CCCCN2)n2c(N)cccc12. The number of piperidine rings is 1. The van der Waals surface area contributed by atoms with Gasteiger partial charge in [-0.1, -0.05) is 12.5 Å². The van der Waals surface area contributed by atoms with Crippen molar-refractivity contribution in [1.29, 1.82) is 0 Å². The molecule has 0 radical (unpaired) electrons. The third-order valence-electron chi connectivity index (χ3n) is 3.98. The molecular weight excluding hydrogens is 268 g/mol. The largest absolute Gasteiger partial charge is 0.464 e. The Hall–Kier alpha value is -2.08. The fourth-order valence-corrected chi connectivity index (χ4v) is 2.94. The molecule has 6 nitrogen and oxygen atoms in total. The Kier molecular flexibility index (Phi) is 3.79. The summed E-state index contributed by atoms with van der Waals surface area (Å²) in [6, 6.07) is 5.86. The molecular formula is C15H20N4O2. The van der Waals surface area contributed by atoms with Crippen LogP contribution in [0.4, 0.5) is 5.82 Å². The maximum atomic E-state index is 11.9. The van der Waals surface area contributed by atoms with E-state index in [0.29, 0.717) is 23.1 Å². The van der Waals surface area contributed by atoms with Gasteiger partial charge >= 0.3 is 5.97 Å². The quantitative estimate of drug-likeness (QED) is 0.834. The molecule has 3 N–H and O–H groups in total. The van der Waals surface area contributed by atoms with Crippen LogP contribution in [-0.2, 0) is 11.2 Å². The molecule has 1 atom stereocenters. The number of fused-ring (bicyclic) bond motifs is 1. The fraction of sp³-hybridized carbons (Fsp3) is 0.467. The zero-order chi connectivity index (χ0) is 14.8. The number of hydrogen-bond acceptors (Lipinski definition) is 5. The molecule has 2 aromatic rings. The van der Waals surface area contributed by atoms with Gasteiger partial charge in [-0.15, -0.1) is 0 Å². The van der Waals surface area contributed by atoms with Crippen LogP contribution in [0.1, 0.15) is 35.6 Å². The zero-order valence-corrected chi connectivity index (χ0v) is 12.1. The molecule has 0 spiro atoms. The van der Waals surface area contributed by atoms with Crippen molar-refractivity contribution in [1.82, 2.24) is 14.7 Å². The molecule has 1 fully saturated rings. The molecule has 21 heavy (non-hydrogen) atoms. The summed E-state index contributed by atoms with van der Waals surface area (Å²) in [4.78, 5) is 16.4. The number of hydrogen-bond donors (Lipinski definition) is 2. The number of nitrogens with zero attached hydrogens (tertiary/aromatic N) is 2. The van der Waals surface area contributed by atoms with Gasteiger partial charge in [-0.3, -0.25) is 4.40 Å². The Labute approximate surface area is 123 Å². The van der Waals surface area contributed by atoms with Crippen LogP contribution in [0.5, 0.6) is 0 Å². The van der Waals surface area contributed by atoms with Crippen molar-refractivity contribution in [2.45, 2.75) is 31.7 Å². The summed E-state index contributed by atoms with van der Waals surface area (Å²) in [7, 11) is 1.36. The van der Waals surface area contributed by atoms with Gasteiger partial charge in [0.05, 0.1) is 12.6 Å². The van der Waals surface area contributed by atoms with Crippen LogP contribution >= 0.6 is 0 Å². The van der Waals surface area contributed by atoms with E-state index in [1.165, 1.54) is 20.0 Å². The Morgan fingerprint density at radius 2 is 2.38 bits per heavy atom. The first-order valence-electron chi connectivity index (χ1n) is 7.28. The Morgan fingerprint density at radius 3 is 3.10 bits per heavy atom. The normalized spacial score (nSPS) is 18.8. The predicted octanol–water partition coefficient (Wildman–Crippen LogP) is 1.39. The summed E-state index contributed by atoms with van der Waals surface area (Å²) in [5, 5.41) is 3.49. The van der Waals surface area contributed by atoms with Crippen molar-refractivity contribution in [2.24, 2.45) is 0 Å². The van der Waals surface area contributed by atoms with E-state index in [4.69, 9.17) is 10.5 Å². The average molecular weight is 288 g/mol. The van der Waals surface area contributed by atoms with Crippen molar-refractivity contribution in [3.8, 4) is 0 Å². The second kappa shape index (κ2) is 5.73. The first-order chi connectivity index (χ1) is 10.2. The van der Waals surface area contributed by atoms with Gasteiger partial charge in [0.2, 0.25) is 0 Å². The molecule has 6 heteroatoms. The van der Waals surface area contributed by atoms with Crippen LogP contribution < -0.4 is 11.1 Å². The third-order valence-corrected chi connectivity index (χ3v) is 3.98. The maximum Gasteiger partial charge on any atom is 0.358 e. The predicted molar refractivity (Wildman–Crippen MR) is 80.3 cm³/mol. The second-order valence-corrected chi connectivity index (χ2v) is 5.39. The molecule has 1 aliphatic rings. The number of carbonyl (C=O) groups excluding carboxylic acids is 1. The maximum absolute atomic E-state index is 11.9. The minimum absolute atomic E-state index is 0.329. The van der Waals surface area contributed by atoms with Crippen molar-refractivity contribution in [3.05, 3.63) is 29.7 Å². The molecule has 0 aromatic carbocycles. The van der Waals surface area contributed by atoms with E-state index < -0.39 is 5.97 Å². The van der Waals surface area contributed by atoms with Crippen molar-refractivity contribution in [3.63, 3.8) is 0 Å². The van der Waals surface area contributed by atoms with Crippen LogP contribution in [0.2, 0.25) is 0 Å². The fourth-order valence-electron chi connectivity index (χ4n) is 2.94. The molecule has 0 saturated carbocycles. The summed E-state index contributed by atoms with van der Waals surface area (Å²) < 4.78 is 6.67. The Balaban J connectivity index is 2.02. The number of rotatable bonds is 3. The average Bonchev–Trinajstić information content (AvgIpc) is 2.87. The molecule has 3 rings (SSSR count). The summed E-state index contributed by atoms with van der Waals surface area (Å²) in [6.45, 7) is 1.04. The first-order valence-corrected chi connectivity index (χ1v) is 7.28. The summed E-state index contributed by atoms with van der Waals surface area (Å²) in [6.07, 6.45) is 4.32. The molecule has 3 heterocycles. The molecule has 0 amide bonds. The molecule has 1 saturated heterocycles. The van der Waals surface area contributed by atoms with Gasteiger partial charge in [0.15, 0.2) is 5.69 Å². The smallest absolute Gasteiger partial charge is 0.358 e. The number of anilines is 1. The number of imidazole rings is 1. The van der Waals surface area contributed by atoms with Crippen molar-refractivity contribution in [2.75, 3.05) is 19.4 Å². The Bertz CT molecular complexity index is 659. The number of nitrogens with one attached hydrogen (secondary N) is 1. The lowest BCUT2D eigenvalue weighted by Crippen LogP contribution is -2.36. The van der Waals surface area contributed by atoms with Crippen molar-refractivity contribution >= 4 is 17.3 Å². The van der Waals surface area contributed by atoms with E-state index in [0.717, 1.165) is 25.2 Å². The molecule has 1 unspecified atom stereocenters. The second-order valence-electron chi connectivity index (χ2n) is 5.39. The zero-order valence-electron chi connectivity index (χ0n) is 12.1. The van der Waals surface area contributed by atoms with E-state index in [-0.39, 0.29) is 0 Å². The molecule has 2 aromatic heterocycles. The lowest BCUT2D eigenvalue weighted by molar-refractivity contribution is 0.0596. The number of ether oxygens (including phenoxy) is 1. The van der Waals surface area contributed by atoms with Crippen molar-refractivity contribution < 1.29 is 9.53 Å². The lowest BCUT2D eigenvalue weighted by atomic mass is 10.0. The van der Waals surface area contributed by atoms with E-state index in [1.807, 2.05) is 22.6 Å². The van der Waals surface area contributed by atoms with Gasteiger partial charge in [0.1, 0.15) is 11.6 Å². The van der Waals surface area contributed by atoms with Crippen LogP contribution in [0.25, 0.3) is 5.52 Å². The van der Waals surface area contributed by atoms with E-state index >= 15 is 0 Å². The highest BCUT2D eigenvalue weighted by molar-refractivity contribution is 5.95. The topological polar surface area (TPSA) is 81.6 Å². The highest BCUT2D eigenvalue weighted by Crippen LogP contribution is 2.21. The highest BCUT2D eigenvalue weighted by Gasteiger charge is 2.22. The number of esters is 1. The summed E-state index contributed by atoms with van der Waals surface area (Å²) >= 11 is 0. The molecule has 0 bridgehead atoms. The van der Waals surface area contributed by atoms with Gasteiger partial charge in [0.25, 0.3) is 0 Å². The van der Waals surface area contributed by atoms with E-state index in [1.54, 1.807) is 0 Å². The standard InChI is InChI=1S/C15H20N4O2/c1-21-15(20)14-11-6-4-7-12(16)19(11)13(18-14)9-10-5-2-3-8-17-10/h4,6-7,10,17H,2-3,5,8-9,16H2,1H3. The van der Waals surface area contributed by atoms with E-state index in [2.05, 4.69) is 10.3 Å². The number of nitrogens with two attached hydrogens (primary N) is 1. The molecule has 1 aliphatic heterocycles. The highest BCUT2D eigenvalue weighted by atomic mass is 16.5. The van der Waals surface area contributed by atoms with Gasteiger partial charge in [-0.05, 0) is 31.5 Å². The third kappa shape index (κ3) is 2.58. The molecule has 0 aliphatic carbocycles. The van der Waals surface area contributed by atoms with Crippen LogP contribution in [0.15, 0.2) is 18.2 Å². The monoisotopic (exact) mass is 288 g/mol. The molecule has 112 valence electrons. The Morgan fingerprint density at radius 1 is 1.52 bits per heavy atom.